The van der Waals surface area contributed by atoms with E-state index in [4.69, 9.17) is 5.84 Å². The number of nitrogens with zero attached hydrogens (tertiary/aromatic N) is 2. The Morgan fingerprint density at radius 3 is 2.45 bits per heavy atom. The second-order valence-electron chi connectivity index (χ2n) is 6.10. The summed E-state index contributed by atoms with van der Waals surface area (Å²) in [4.78, 5) is 8.77. The van der Waals surface area contributed by atoms with Crippen LogP contribution in [-0.4, -0.2) is 35.9 Å². The molecule has 112 valence electrons. The number of hydrogen-bond acceptors (Lipinski definition) is 7. The van der Waals surface area contributed by atoms with Gasteiger partial charge in [0.2, 0.25) is 0 Å². The minimum atomic E-state index is -2.92. The van der Waals surface area contributed by atoms with Crippen LogP contribution in [-0.2, 0) is 15.3 Å². The lowest BCUT2D eigenvalue weighted by Crippen LogP contribution is -2.24. The Bertz CT molecular complexity index is 594. The molecular weight excluding hydrogens is 278 g/mol. The average molecular weight is 299 g/mol. The summed E-state index contributed by atoms with van der Waals surface area (Å²) < 4.78 is 23.0. The minimum Gasteiger partial charge on any atom is -0.366 e. The highest BCUT2D eigenvalue weighted by Crippen LogP contribution is 2.23. The van der Waals surface area contributed by atoms with Gasteiger partial charge in [-0.1, -0.05) is 20.8 Å². The Balaban J connectivity index is 2.23. The Morgan fingerprint density at radius 1 is 1.30 bits per heavy atom. The average Bonchev–Trinajstić information content (AvgIpc) is 2.67. The third-order valence-corrected chi connectivity index (χ3v) is 4.90. The Kier molecular flexibility index (Phi) is 3.88. The topological polar surface area (TPSA) is 110 Å². The molecule has 1 aliphatic heterocycles. The van der Waals surface area contributed by atoms with Crippen molar-refractivity contribution in [3.05, 3.63) is 11.9 Å². The summed E-state index contributed by atoms with van der Waals surface area (Å²) in [6.07, 6.45) is 0.600. The van der Waals surface area contributed by atoms with E-state index < -0.39 is 9.84 Å². The molecule has 0 radical (unpaired) electrons. The van der Waals surface area contributed by atoms with E-state index >= 15 is 0 Å². The number of rotatable bonds is 3. The SMILES string of the molecule is CC(C)(C)c1nc(NN)cc(NC2CCS(=O)(=O)C2)n1. The standard InChI is InChI=1S/C12H21N5O2S/c1-12(2,3)11-15-9(6-10(16-11)17-13)14-8-4-5-20(18,19)7-8/h6,8H,4-5,7,13H2,1-3H3,(H2,14,15,16,17). The van der Waals surface area contributed by atoms with Crippen LogP contribution in [0.2, 0.25) is 0 Å². The highest BCUT2D eigenvalue weighted by Gasteiger charge is 2.28. The molecule has 1 saturated heterocycles. The molecule has 1 unspecified atom stereocenters. The van der Waals surface area contributed by atoms with E-state index in [1.807, 2.05) is 20.8 Å². The van der Waals surface area contributed by atoms with Crippen molar-refractivity contribution in [3.8, 4) is 0 Å². The van der Waals surface area contributed by atoms with Crippen molar-refractivity contribution in [1.29, 1.82) is 0 Å². The van der Waals surface area contributed by atoms with Gasteiger partial charge < -0.3 is 10.7 Å². The van der Waals surface area contributed by atoms with Gasteiger partial charge in [0, 0.05) is 17.5 Å². The monoisotopic (exact) mass is 299 g/mol. The summed E-state index contributed by atoms with van der Waals surface area (Å²) in [5.74, 6) is 7.54. The highest BCUT2D eigenvalue weighted by molar-refractivity contribution is 7.91. The van der Waals surface area contributed by atoms with Crippen LogP contribution in [0.4, 0.5) is 11.6 Å². The predicted octanol–water partition coefficient (Wildman–Crippen LogP) is 0.659. The first-order chi connectivity index (χ1) is 9.19. The third kappa shape index (κ3) is 3.57. The summed E-state index contributed by atoms with van der Waals surface area (Å²) in [6.45, 7) is 6.02. The molecule has 1 atom stereocenters. The van der Waals surface area contributed by atoms with Gasteiger partial charge in [0.05, 0.1) is 11.5 Å². The largest absolute Gasteiger partial charge is 0.366 e. The van der Waals surface area contributed by atoms with Gasteiger partial charge in [0.25, 0.3) is 0 Å². The van der Waals surface area contributed by atoms with Crippen LogP contribution in [0.15, 0.2) is 6.07 Å². The van der Waals surface area contributed by atoms with E-state index in [2.05, 4.69) is 20.7 Å². The maximum atomic E-state index is 11.5. The lowest BCUT2D eigenvalue weighted by atomic mass is 9.96. The van der Waals surface area contributed by atoms with Crippen molar-refractivity contribution in [3.63, 3.8) is 0 Å². The van der Waals surface area contributed by atoms with Crippen molar-refractivity contribution in [2.24, 2.45) is 5.84 Å². The van der Waals surface area contributed by atoms with Gasteiger partial charge in [-0.15, -0.1) is 0 Å². The normalized spacial score (nSPS) is 21.7. The Morgan fingerprint density at radius 2 is 1.95 bits per heavy atom. The molecule has 1 aromatic heterocycles. The molecule has 1 aromatic rings. The molecule has 4 N–H and O–H groups in total. The molecule has 2 heterocycles. The number of nitrogens with one attached hydrogen (secondary N) is 2. The van der Waals surface area contributed by atoms with Crippen molar-refractivity contribution >= 4 is 21.5 Å². The Hall–Kier alpha value is -1.41. The van der Waals surface area contributed by atoms with Crippen LogP contribution in [0.25, 0.3) is 0 Å². The van der Waals surface area contributed by atoms with E-state index in [0.29, 0.717) is 23.9 Å². The smallest absolute Gasteiger partial charge is 0.152 e. The van der Waals surface area contributed by atoms with Crippen LogP contribution in [0.3, 0.4) is 0 Å². The van der Waals surface area contributed by atoms with E-state index in [0.717, 1.165) is 0 Å². The number of anilines is 2. The summed E-state index contributed by atoms with van der Waals surface area (Å²) in [6, 6.07) is 1.58. The fourth-order valence-corrected chi connectivity index (χ4v) is 3.72. The fourth-order valence-electron chi connectivity index (χ4n) is 2.05. The number of nitrogens with two attached hydrogens (primary N) is 1. The van der Waals surface area contributed by atoms with Gasteiger partial charge in [-0.25, -0.2) is 24.2 Å². The summed E-state index contributed by atoms with van der Waals surface area (Å²) >= 11 is 0. The van der Waals surface area contributed by atoms with Crippen molar-refractivity contribution in [1.82, 2.24) is 9.97 Å². The molecule has 7 nitrogen and oxygen atoms in total. The van der Waals surface area contributed by atoms with Gasteiger partial charge in [-0.2, -0.15) is 0 Å². The molecule has 2 rings (SSSR count). The van der Waals surface area contributed by atoms with Crippen LogP contribution in [0.5, 0.6) is 0 Å². The maximum Gasteiger partial charge on any atom is 0.152 e. The molecule has 0 saturated carbocycles. The minimum absolute atomic E-state index is 0.103. The number of nitrogen functional groups attached to an aromatic ring is 1. The second kappa shape index (κ2) is 5.17. The van der Waals surface area contributed by atoms with Crippen LogP contribution in [0.1, 0.15) is 33.0 Å². The van der Waals surface area contributed by atoms with Gasteiger partial charge in [0.15, 0.2) is 9.84 Å². The van der Waals surface area contributed by atoms with Crippen LogP contribution in [0, 0.1) is 0 Å². The van der Waals surface area contributed by atoms with Gasteiger partial charge >= 0.3 is 0 Å². The Labute approximate surface area is 119 Å². The fraction of sp³-hybridized carbons (Fsp3) is 0.667. The molecule has 0 aliphatic carbocycles. The lowest BCUT2D eigenvalue weighted by Gasteiger charge is -2.20. The number of hydrazine groups is 1. The maximum absolute atomic E-state index is 11.5. The van der Waals surface area contributed by atoms with E-state index in [-0.39, 0.29) is 23.0 Å². The number of aromatic nitrogens is 2. The number of hydrogen-bond donors (Lipinski definition) is 3. The first-order valence-corrected chi connectivity index (χ1v) is 8.35. The second-order valence-corrected chi connectivity index (χ2v) is 8.33. The van der Waals surface area contributed by atoms with Crippen LogP contribution < -0.4 is 16.6 Å². The number of sulfone groups is 1. The molecule has 8 heteroatoms. The lowest BCUT2D eigenvalue weighted by molar-refractivity contribution is 0.546. The van der Waals surface area contributed by atoms with Gasteiger partial charge in [-0.05, 0) is 6.42 Å². The first kappa shape index (κ1) is 15.0. The summed E-state index contributed by atoms with van der Waals surface area (Å²) in [5.41, 5.74) is 2.29. The zero-order chi connectivity index (χ0) is 15.0. The molecule has 0 amide bonds. The van der Waals surface area contributed by atoms with E-state index in [1.54, 1.807) is 6.07 Å². The first-order valence-electron chi connectivity index (χ1n) is 6.53. The molecular formula is C12H21N5O2S. The zero-order valence-electron chi connectivity index (χ0n) is 12.0. The van der Waals surface area contributed by atoms with Gasteiger partial charge in [0.1, 0.15) is 17.5 Å². The summed E-state index contributed by atoms with van der Waals surface area (Å²) in [5, 5.41) is 3.16. The quantitative estimate of drug-likeness (QED) is 0.555. The molecule has 20 heavy (non-hydrogen) atoms. The van der Waals surface area contributed by atoms with Crippen LogP contribution >= 0.6 is 0 Å². The third-order valence-electron chi connectivity index (χ3n) is 3.13. The molecule has 1 fully saturated rings. The van der Waals surface area contributed by atoms with Crippen molar-refractivity contribution in [2.45, 2.75) is 38.6 Å². The van der Waals surface area contributed by atoms with Gasteiger partial charge in [-0.3, -0.25) is 0 Å². The highest BCUT2D eigenvalue weighted by atomic mass is 32.2. The predicted molar refractivity (Wildman–Crippen MR) is 79.2 cm³/mol. The summed E-state index contributed by atoms with van der Waals surface area (Å²) in [7, 11) is -2.92. The zero-order valence-corrected chi connectivity index (χ0v) is 12.8. The van der Waals surface area contributed by atoms with Crippen molar-refractivity contribution in [2.75, 3.05) is 22.2 Å². The molecule has 0 spiro atoms. The van der Waals surface area contributed by atoms with E-state index in [1.165, 1.54) is 0 Å². The molecule has 0 bridgehead atoms. The molecule has 0 aromatic carbocycles. The van der Waals surface area contributed by atoms with Crippen molar-refractivity contribution < 1.29 is 8.42 Å². The van der Waals surface area contributed by atoms with E-state index in [9.17, 15) is 8.42 Å². The molecule has 1 aliphatic rings.